The van der Waals surface area contributed by atoms with Crippen LogP contribution in [0, 0.1) is 11.8 Å². The van der Waals surface area contributed by atoms with Crippen molar-refractivity contribution in [2.24, 2.45) is 11.8 Å². The number of hydrogen-bond acceptors (Lipinski definition) is 4. The number of amides is 1. The fraction of sp³-hybridized carbons (Fsp3) is 0.500. The van der Waals surface area contributed by atoms with Gasteiger partial charge in [0.1, 0.15) is 11.0 Å². The molecule has 1 amide bonds. The Morgan fingerprint density at radius 1 is 1.30 bits per heavy atom. The number of nitrogens with one attached hydrogen (secondary N) is 2. The van der Waals surface area contributed by atoms with Crippen molar-refractivity contribution in [2.75, 3.05) is 13.2 Å². The molecule has 106 valence electrons. The molecule has 6 heteroatoms. The lowest BCUT2D eigenvalue weighted by Crippen LogP contribution is -2.31. The number of rotatable bonds is 4. The van der Waals surface area contributed by atoms with E-state index in [9.17, 15) is 9.90 Å². The first-order valence-electron chi connectivity index (χ1n) is 6.97. The summed E-state index contributed by atoms with van der Waals surface area (Å²) in [4.78, 5) is 12.1. The van der Waals surface area contributed by atoms with Gasteiger partial charge in [-0.05, 0) is 42.9 Å². The van der Waals surface area contributed by atoms with Crippen molar-refractivity contribution in [1.29, 1.82) is 0 Å². The van der Waals surface area contributed by atoms with Gasteiger partial charge in [-0.15, -0.1) is 0 Å². The summed E-state index contributed by atoms with van der Waals surface area (Å²) in [5.41, 5.74) is 2.02. The first-order chi connectivity index (χ1) is 9.78. The minimum atomic E-state index is -0.0986. The second kappa shape index (κ2) is 5.58. The highest BCUT2D eigenvalue weighted by Crippen LogP contribution is 2.30. The zero-order valence-electron chi connectivity index (χ0n) is 11.2. The van der Waals surface area contributed by atoms with Gasteiger partial charge in [-0.1, -0.05) is 6.42 Å². The maximum Gasteiger partial charge on any atom is 0.251 e. The van der Waals surface area contributed by atoms with Crippen LogP contribution in [0.5, 0.6) is 0 Å². The second-order valence-electron chi connectivity index (χ2n) is 5.37. The van der Waals surface area contributed by atoms with Gasteiger partial charge < -0.3 is 10.4 Å². The highest BCUT2D eigenvalue weighted by atomic mass is 16.3. The number of carbonyl (C=O) groups is 1. The fourth-order valence-electron chi connectivity index (χ4n) is 2.93. The molecule has 1 aromatic carbocycles. The van der Waals surface area contributed by atoms with Crippen molar-refractivity contribution in [1.82, 2.24) is 20.7 Å². The molecule has 1 aromatic heterocycles. The standard InChI is InChI=1S/C14H18N4O2/c19-8-11-3-1-2-10(11)7-15-14(20)9-4-5-12-13(6-9)17-18-16-12/h4-6,10-11,19H,1-3,7-8H2,(H,15,20)(H,16,17,18). The molecule has 2 aromatic rings. The van der Waals surface area contributed by atoms with E-state index in [2.05, 4.69) is 20.7 Å². The van der Waals surface area contributed by atoms with Crippen LogP contribution in [0.4, 0.5) is 0 Å². The van der Waals surface area contributed by atoms with E-state index in [4.69, 9.17) is 0 Å². The minimum absolute atomic E-state index is 0.0986. The third-order valence-electron chi connectivity index (χ3n) is 4.15. The number of hydrogen-bond donors (Lipinski definition) is 3. The van der Waals surface area contributed by atoms with E-state index in [0.717, 1.165) is 24.8 Å². The van der Waals surface area contributed by atoms with Gasteiger partial charge in [0.15, 0.2) is 0 Å². The lowest BCUT2D eigenvalue weighted by atomic mass is 9.97. The molecule has 0 spiro atoms. The summed E-state index contributed by atoms with van der Waals surface area (Å²) in [5, 5.41) is 22.7. The van der Waals surface area contributed by atoms with Crippen LogP contribution in [0.2, 0.25) is 0 Å². The molecule has 20 heavy (non-hydrogen) atoms. The molecule has 0 aliphatic heterocycles. The van der Waals surface area contributed by atoms with Crippen molar-refractivity contribution in [3.63, 3.8) is 0 Å². The molecule has 2 unspecified atom stereocenters. The van der Waals surface area contributed by atoms with Crippen LogP contribution < -0.4 is 5.32 Å². The SMILES string of the molecule is O=C(NCC1CCCC1CO)c1ccc2n[nH]nc2c1. The van der Waals surface area contributed by atoms with E-state index >= 15 is 0 Å². The van der Waals surface area contributed by atoms with Crippen LogP contribution in [0.3, 0.4) is 0 Å². The second-order valence-corrected chi connectivity index (χ2v) is 5.37. The Labute approximate surface area is 116 Å². The summed E-state index contributed by atoms with van der Waals surface area (Å²) in [6.07, 6.45) is 3.27. The number of H-pyrrole nitrogens is 1. The van der Waals surface area contributed by atoms with Gasteiger partial charge in [-0.3, -0.25) is 4.79 Å². The lowest BCUT2D eigenvalue weighted by molar-refractivity contribution is 0.0938. The zero-order valence-corrected chi connectivity index (χ0v) is 11.2. The van der Waals surface area contributed by atoms with Gasteiger partial charge in [-0.25, -0.2) is 0 Å². The molecule has 1 aliphatic rings. The number of aliphatic hydroxyl groups excluding tert-OH is 1. The molecule has 0 bridgehead atoms. The Balaban J connectivity index is 1.63. The summed E-state index contributed by atoms with van der Waals surface area (Å²) in [6, 6.07) is 5.25. The molecule has 6 nitrogen and oxygen atoms in total. The molecule has 3 rings (SSSR count). The topological polar surface area (TPSA) is 90.9 Å². The molecule has 3 N–H and O–H groups in total. The molecule has 1 fully saturated rings. The smallest absolute Gasteiger partial charge is 0.251 e. The quantitative estimate of drug-likeness (QED) is 0.778. The van der Waals surface area contributed by atoms with Gasteiger partial charge in [0, 0.05) is 18.7 Å². The highest BCUT2D eigenvalue weighted by molar-refractivity contribution is 5.97. The maximum absolute atomic E-state index is 12.1. The van der Waals surface area contributed by atoms with Crippen LogP contribution in [-0.4, -0.2) is 39.6 Å². The normalized spacial score (nSPS) is 22.2. The zero-order chi connectivity index (χ0) is 13.9. The Morgan fingerprint density at radius 2 is 2.10 bits per heavy atom. The highest BCUT2D eigenvalue weighted by Gasteiger charge is 2.26. The van der Waals surface area contributed by atoms with E-state index in [-0.39, 0.29) is 12.5 Å². The van der Waals surface area contributed by atoms with Crippen LogP contribution in [0.1, 0.15) is 29.6 Å². The predicted molar refractivity (Wildman–Crippen MR) is 74.1 cm³/mol. The average Bonchev–Trinajstić information content (AvgIpc) is 3.12. The summed E-state index contributed by atoms with van der Waals surface area (Å²) in [7, 11) is 0. The minimum Gasteiger partial charge on any atom is -0.396 e. The molecule has 2 atom stereocenters. The van der Waals surface area contributed by atoms with E-state index in [1.807, 2.05) is 0 Å². The first kappa shape index (κ1) is 13.1. The molecular weight excluding hydrogens is 256 g/mol. The number of benzene rings is 1. The molecule has 1 heterocycles. The third kappa shape index (κ3) is 2.51. The van der Waals surface area contributed by atoms with Crippen molar-refractivity contribution < 1.29 is 9.90 Å². The number of aliphatic hydroxyl groups is 1. The fourth-order valence-corrected chi connectivity index (χ4v) is 2.93. The van der Waals surface area contributed by atoms with Crippen molar-refractivity contribution in [3.8, 4) is 0 Å². The van der Waals surface area contributed by atoms with Crippen molar-refractivity contribution in [2.45, 2.75) is 19.3 Å². The third-order valence-corrected chi connectivity index (χ3v) is 4.15. The van der Waals surface area contributed by atoms with Crippen LogP contribution in [-0.2, 0) is 0 Å². The molecule has 1 saturated carbocycles. The number of aromatic nitrogens is 3. The number of fused-ring (bicyclic) bond motifs is 1. The van der Waals surface area contributed by atoms with Gasteiger partial charge in [0.2, 0.25) is 0 Å². The maximum atomic E-state index is 12.1. The van der Waals surface area contributed by atoms with Gasteiger partial charge in [0.25, 0.3) is 5.91 Å². The summed E-state index contributed by atoms with van der Waals surface area (Å²) < 4.78 is 0. The molecule has 1 aliphatic carbocycles. The number of nitrogens with zero attached hydrogens (tertiary/aromatic N) is 2. The average molecular weight is 274 g/mol. The molecular formula is C14H18N4O2. The van der Waals surface area contributed by atoms with Crippen LogP contribution >= 0.6 is 0 Å². The summed E-state index contributed by atoms with van der Waals surface area (Å²) in [5.74, 6) is 0.617. The van der Waals surface area contributed by atoms with E-state index in [1.165, 1.54) is 0 Å². The summed E-state index contributed by atoms with van der Waals surface area (Å²) in [6.45, 7) is 0.840. The van der Waals surface area contributed by atoms with Gasteiger partial charge >= 0.3 is 0 Å². The van der Waals surface area contributed by atoms with E-state index in [1.54, 1.807) is 18.2 Å². The lowest BCUT2D eigenvalue weighted by Gasteiger charge is -2.17. The number of aromatic amines is 1. The van der Waals surface area contributed by atoms with E-state index < -0.39 is 0 Å². The monoisotopic (exact) mass is 274 g/mol. The molecule has 0 saturated heterocycles. The Bertz CT molecular complexity index is 610. The Kier molecular flexibility index (Phi) is 3.64. The predicted octanol–water partition coefficient (Wildman–Crippen LogP) is 1.10. The number of carbonyl (C=O) groups excluding carboxylic acids is 1. The van der Waals surface area contributed by atoms with Crippen LogP contribution in [0.15, 0.2) is 18.2 Å². The van der Waals surface area contributed by atoms with Crippen molar-refractivity contribution in [3.05, 3.63) is 23.8 Å². The largest absolute Gasteiger partial charge is 0.396 e. The Morgan fingerprint density at radius 3 is 2.95 bits per heavy atom. The van der Waals surface area contributed by atoms with Crippen molar-refractivity contribution >= 4 is 16.9 Å². The summed E-state index contributed by atoms with van der Waals surface area (Å²) >= 11 is 0. The Hall–Kier alpha value is -1.95. The first-order valence-corrected chi connectivity index (χ1v) is 6.97. The van der Waals surface area contributed by atoms with Crippen LogP contribution in [0.25, 0.3) is 11.0 Å². The van der Waals surface area contributed by atoms with E-state index in [0.29, 0.717) is 29.5 Å². The van der Waals surface area contributed by atoms with Gasteiger partial charge in [0.05, 0.1) is 0 Å². The molecule has 0 radical (unpaired) electrons. The van der Waals surface area contributed by atoms with Gasteiger partial charge in [-0.2, -0.15) is 15.4 Å².